The number of para-hydroxylation sites is 1. The predicted molar refractivity (Wildman–Crippen MR) is 151 cm³/mol. The van der Waals surface area contributed by atoms with Crippen LogP contribution in [-0.2, 0) is 6.61 Å². The third-order valence-electron chi connectivity index (χ3n) is 7.46. The Kier molecular flexibility index (Phi) is 7.54. The Morgan fingerprint density at radius 3 is 2.10 bits per heavy atom. The summed E-state index contributed by atoms with van der Waals surface area (Å²) in [7, 11) is 0. The molecular weight excluding hydrogens is 522 g/mol. The molecule has 0 radical (unpaired) electrons. The molecule has 1 aromatic heterocycles. The number of rotatable bonds is 8. The van der Waals surface area contributed by atoms with E-state index in [0.717, 1.165) is 36.1 Å². The van der Waals surface area contributed by atoms with Gasteiger partial charge in [0.15, 0.2) is 17.5 Å². The van der Waals surface area contributed by atoms with Crippen LogP contribution < -0.4 is 4.74 Å². The van der Waals surface area contributed by atoms with E-state index in [1.54, 1.807) is 4.57 Å². The zero-order valence-electron chi connectivity index (χ0n) is 22.2. The molecule has 1 fully saturated rings. The summed E-state index contributed by atoms with van der Waals surface area (Å²) < 4.78 is 34.5. The lowest BCUT2D eigenvalue weighted by Crippen LogP contribution is -2.40. The van der Waals surface area contributed by atoms with Crippen molar-refractivity contribution in [3.8, 4) is 11.4 Å². The Bertz CT molecular complexity index is 1590. The number of aromatic nitrogens is 3. The minimum atomic E-state index is -1.01. The second-order valence-corrected chi connectivity index (χ2v) is 9.98. The molecule has 41 heavy (non-hydrogen) atoms. The molecule has 0 spiro atoms. The predicted octanol–water partition coefficient (Wildman–Crippen LogP) is 6.56. The van der Waals surface area contributed by atoms with Crippen LogP contribution >= 0.6 is 0 Å². The van der Waals surface area contributed by atoms with E-state index in [1.807, 2.05) is 71.6 Å². The van der Waals surface area contributed by atoms with Gasteiger partial charge in [0.2, 0.25) is 5.82 Å². The third-order valence-corrected chi connectivity index (χ3v) is 7.46. The number of hydrogen-bond acceptors (Lipinski definition) is 4. The first-order valence-electron chi connectivity index (χ1n) is 13.6. The zero-order valence-corrected chi connectivity index (χ0v) is 22.2. The van der Waals surface area contributed by atoms with E-state index < -0.39 is 11.6 Å². The molecule has 0 unspecified atom stereocenters. The van der Waals surface area contributed by atoms with Crippen LogP contribution in [0.1, 0.15) is 46.3 Å². The van der Waals surface area contributed by atoms with Gasteiger partial charge in [0.05, 0.1) is 0 Å². The fourth-order valence-corrected chi connectivity index (χ4v) is 5.59. The van der Waals surface area contributed by atoms with Crippen molar-refractivity contribution in [2.75, 3.05) is 6.54 Å². The highest BCUT2D eigenvalue weighted by atomic mass is 19.2. The summed E-state index contributed by atoms with van der Waals surface area (Å²) in [6.07, 6.45) is 1.73. The van der Waals surface area contributed by atoms with Gasteiger partial charge in [0.1, 0.15) is 12.4 Å². The first kappa shape index (κ1) is 26.4. The number of nitrogens with zero attached hydrogens (tertiary/aromatic N) is 4. The summed E-state index contributed by atoms with van der Waals surface area (Å²) in [6.45, 7) is 0.502. The molecule has 4 aromatic carbocycles. The number of amides is 1. The van der Waals surface area contributed by atoms with Gasteiger partial charge in [-0.15, -0.1) is 10.2 Å². The maximum absolute atomic E-state index is 14.3. The van der Waals surface area contributed by atoms with Gasteiger partial charge in [-0.25, -0.2) is 8.78 Å². The van der Waals surface area contributed by atoms with E-state index >= 15 is 0 Å². The summed E-state index contributed by atoms with van der Waals surface area (Å²) >= 11 is 0. The van der Waals surface area contributed by atoms with E-state index in [1.165, 1.54) is 6.07 Å². The van der Waals surface area contributed by atoms with Crippen molar-refractivity contribution < 1.29 is 18.3 Å². The lowest BCUT2D eigenvalue weighted by atomic mass is 9.84. The van der Waals surface area contributed by atoms with Crippen LogP contribution in [0.5, 0.6) is 5.75 Å². The maximum Gasteiger partial charge on any atom is 0.292 e. The van der Waals surface area contributed by atoms with Crippen molar-refractivity contribution in [1.29, 1.82) is 0 Å². The monoisotopic (exact) mass is 550 g/mol. The topological polar surface area (TPSA) is 60.2 Å². The number of benzene rings is 4. The molecule has 6 nitrogen and oxygen atoms in total. The SMILES string of the molecule is O=C(c1nnc(COc2ccc(F)c(F)c2)n1-c1ccccc1)N1CCC[C@@H]1C(c1ccccc1)c1ccccc1. The van der Waals surface area contributed by atoms with Gasteiger partial charge in [-0.05, 0) is 48.2 Å². The molecule has 0 aliphatic carbocycles. The number of hydrogen-bond donors (Lipinski definition) is 0. The molecule has 6 rings (SSSR count). The van der Waals surface area contributed by atoms with Crippen LogP contribution in [0, 0.1) is 11.6 Å². The quantitative estimate of drug-likeness (QED) is 0.220. The molecule has 206 valence electrons. The van der Waals surface area contributed by atoms with E-state index in [2.05, 4.69) is 34.5 Å². The van der Waals surface area contributed by atoms with Gasteiger partial charge >= 0.3 is 0 Å². The summed E-state index contributed by atoms with van der Waals surface area (Å²) in [5.74, 6) is -1.51. The number of halogens is 2. The second-order valence-electron chi connectivity index (χ2n) is 9.98. The minimum absolute atomic E-state index is 0.00637. The molecule has 0 N–H and O–H groups in total. The number of carbonyl (C=O) groups excluding carboxylic acids is 1. The van der Waals surface area contributed by atoms with E-state index in [-0.39, 0.29) is 36.0 Å². The maximum atomic E-state index is 14.3. The van der Waals surface area contributed by atoms with Gasteiger partial charge < -0.3 is 9.64 Å². The Morgan fingerprint density at radius 2 is 1.46 bits per heavy atom. The Balaban J connectivity index is 1.35. The Hall–Kier alpha value is -4.85. The van der Waals surface area contributed by atoms with Crippen LogP contribution in [0.25, 0.3) is 5.69 Å². The summed E-state index contributed by atoms with van der Waals surface area (Å²) in [5.41, 5.74) is 2.99. The standard InChI is InChI=1S/C33H28F2N4O2/c34-27-19-18-26(21-28(27)35)41-22-30-36-37-32(39(30)25-15-8-3-9-16-25)33(40)38-20-10-17-29(38)31(23-11-4-1-5-12-23)24-13-6-2-7-14-24/h1-9,11-16,18-19,21,29,31H,10,17,20,22H2/t29-/m1/s1. The largest absolute Gasteiger partial charge is 0.485 e. The molecule has 0 bridgehead atoms. The van der Waals surface area contributed by atoms with Crippen molar-refractivity contribution in [1.82, 2.24) is 19.7 Å². The molecule has 1 amide bonds. The van der Waals surface area contributed by atoms with E-state index in [0.29, 0.717) is 18.1 Å². The highest BCUT2D eigenvalue weighted by Crippen LogP contribution is 2.37. The van der Waals surface area contributed by atoms with Gasteiger partial charge in [0.25, 0.3) is 5.91 Å². The highest BCUT2D eigenvalue weighted by molar-refractivity contribution is 5.92. The molecular formula is C33H28F2N4O2. The average Bonchev–Trinajstić information content (AvgIpc) is 3.67. The van der Waals surface area contributed by atoms with Crippen molar-refractivity contribution in [3.05, 3.63) is 144 Å². The van der Waals surface area contributed by atoms with Crippen molar-refractivity contribution >= 4 is 5.91 Å². The first-order valence-corrected chi connectivity index (χ1v) is 13.6. The average molecular weight is 551 g/mol. The number of likely N-dealkylation sites (tertiary alicyclic amines) is 1. The zero-order chi connectivity index (χ0) is 28.2. The summed E-state index contributed by atoms with van der Waals surface area (Å²) in [5, 5.41) is 8.63. The lowest BCUT2D eigenvalue weighted by molar-refractivity contribution is 0.0710. The third kappa shape index (κ3) is 5.45. The number of carbonyl (C=O) groups is 1. The van der Waals surface area contributed by atoms with Gasteiger partial charge in [-0.2, -0.15) is 0 Å². The van der Waals surface area contributed by atoms with Crippen LogP contribution in [0.3, 0.4) is 0 Å². The number of ether oxygens (including phenoxy) is 1. The minimum Gasteiger partial charge on any atom is -0.485 e. The van der Waals surface area contributed by atoms with Crippen LogP contribution in [-0.4, -0.2) is 38.2 Å². The molecule has 8 heteroatoms. The van der Waals surface area contributed by atoms with Crippen molar-refractivity contribution in [2.45, 2.75) is 31.4 Å². The first-order chi connectivity index (χ1) is 20.1. The summed E-state index contributed by atoms with van der Waals surface area (Å²) in [6, 6.07) is 33.1. The van der Waals surface area contributed by atoms with Crippen molar-refractivity contribution in [3.63, 3.8) is 0 Å². The van der Waals surface area contributed by atoms with E-state index in [9.17, 15) is 13.6 Å². The highest BCUT2D eigenvalue weighted by Gasteiger charge is 2.38. The molecule has 0 saturated carbocycles. The molecule has 5 aromatic rings. The van der Waals surface area contributed by atoms with Crippen molar-refractivity contribution in [2.24, 2.45) is 0 Å². The summed E-state index contributed by atoms with van der Waals surface area (Å²) in [4.78, 5) is 16.2. The fraction of sp³-hybridized carbons (Fsp3) is 0.182. The van der Waals surface area contributed by atoms with Crippen LogP contribution in [0.2, 0.25) is 0 Å². The molecule has 1 aliphatic heterocycles. The Morgan fingerprint density at radius 1 is 0.829 bits per heavy atom. The Labute approximate surface area is 236 Å². The van der Waals surface area contributed by atoms with Gasteiger partial charge in [0, 0.05) is 30.3 Å². The van der Waals surface area contributed by atoms with Gasteiger partial charge in [-0.1, -0.05) is 78.9 Å². The molecule has 1 saturated heterocycles. The normalized spacial score (nSPS) is 14.9. The van der Waals surface area contributed by atoms with Gasteiger partial charge in [-0.3, -0.25) is 9.36 Å². The molecule has 2 heterocycles. The molecule has 1 atom stereocenters. The van der Waals surface area contributed by atoms with Crippen LogP contribution in [0.4, 0.5) is 8.78 Å². The van der Waals surface area contributed by atoms with E-state index in [4.69, 9.17) is 4.74 Å². The smallest absolute Gasteiger partial charge is 0.292 e. The second kappa shape index (κ2) is 11.7. The molecule has 1 aliphatic rings. The lowest BCUT2D eigenvalue weighted by Gasteiger charge is -2.32. The fourth-order valence-electron chi connectivity index (χ4n) is 5.59. The van der Waals surface area contributed by atoms with Crippen LogP contribution in [0.15, 0.2) is 109 Å².